The number of hydrogen-bond acceptors (Lipinski definition) is 3. The SMILES string of the molecule is CN(C)CC1CC2CC2N1c1cccnc1. The van der Waals surface area contributed by atoms with Crippen molar-refractivity contribution in [3.05, 3.63) is 24.5 Å². The highest BCUT2D eigenvalue weighted by Gasteiger charge is 2.51. The number of nitrogens with zero attached hydrogens (tertiary/aromatic N) is 3. The number of rotatable bonds is 3. The van der Waals surface area contributed by atoms with E-state index in [4.69, 9.17) is 0 Å². The van der Waals surface area contributed by atoms with Crippen LogP contribution < -0.4 is 4.90 Å². The van der Waals surface area contributed by atoms with Gasteiger partial charge in [0, 0.05) is 24.8 Å². The third-order valence-corrected chi connectivity index (χ3v) is 3.73. The number of likely N-dealkylation sites (N-methyl/N-ethyl adjacent to an activating group) is 1. The van der Waals surface area contributed by atoms with Gasteiger partial charge in [0.05, 0.1) is 11.9 Å². The molecule has 2 heterocycles. The molecule has 3 unspecified atom stereocenters. The van der Waals surface area contributed by atoms with Crippen LogP contribution in [-0.2, 0) is 0 Å². The van der Waals surface area contributed by atoms with Gasteiger partial charge < -0.3 is 9.80 Å². The first-order valence-electron chi connectivity index (χ1n) is 6.09. The Hall–Kier alpha value is -1.09. The van der Waals surface area contributed by atoms with E-state index in [1.807, 2.05) is 18.5 Å². The first-order valence-corrected chi connectivity index (χ1v) is 6.09. The Labute approximate surface area is 97.1 Å². The van der Waals surface area contributed by atoms with E-state index in [1.165, 1.54) is 18.5 Å². The smallest absolute Gasteiger partial charge is 0.0558 e. The summed E-state index contributed by atoms with van der Waals surface area (Å²) in [5.74, 6) is 0.949. The summed E-state index contributed by atoms with van der Waals surface area (Å²) in [4.78, 5) is 9.13. The number of pyridine rings is 1. The summed E-state index contributed by atoms with van der Waals surface area (Å²) < 4.78 is 0. The highest BCUT2D eigenvalue weighted by molar-refractivity contribution is 5.50. The van der Waals surface area contributed by atoms with Crippen LogP contribution in [0, 0.1) is 5.92 Å². The summed E-state index contributed by atoms with van der Waals surface area (Å²) >= 11 is 0. The molecule has 86 valence electrons. The van der Waals surface area contributed by atoms with Crippen molar-refractivity contribution in [1.82, 2.24) is 9.88 Å². The van der Waals surface area contributed by atoms with Crippen LogP contribution in [0.1, 0.15) is 12.8 Å². The van der Waals surface area contributed by atoms with Gasteiger partial charge in [-0.2, -0.15) is 0 Å². The minimum absolute atomic E-state index is 0.683. The van der Waals surface area contributed by atoms with Crippen molar-refractivity contribution in [3.8, 4) is 0 Å². The molecule has 1 aliphatic carbocycles. The second-order valence-corrected chi connectivity index (χ2v) is 5.33. The second kappa shape index (κ2) is 3.74. The molecule has 2 fully saturated rings. The highest BCUT2D eigenvalue weighted by atomic mass is 15.3. The number of hydrogen-bond donors (Lipinski definition) is 0. The summed E-state index contributed by atoms with van der Waals surface area (Å²) in [6, 6.07) is 5.71. The number of aromatic nitrogens is 1. The molecule has 0 spiro atoms. The zero-order valence-corrected chi connectivity index (χ0v) is 10.0. The van der Waals surface area contributed by atoms with Crippen molar-refractivity contribution in [2.24, 2.45) is 5.92 Å². The molecule has 0 N–H and O–H groups in total. The van der Waals surface area contributed by atoms with E-state index in [9.17, 15) is 0 Å². The van der Waals surface area contributed by atoms with E-state index in [-0.39, 0.29) is 0 Å². The van der Waals surface area contributed by atoms with E-state index >= 15 is 0 Å². The molecular weight excluding hydrogens is 198 g/mol. The van der Waals surface area contributed by atoms with Gasteiger partial charge in [0.15, 0.2) is 0 Å². The van der Waals surface area contributed by atoms with Gasteiger partial charge in [0.2, 0.25) is 0 Å². The predicted molar refractivity (Wildman–Crippen MR) is 65.6 cm³/mol. The predicted octanol–water partition coefficient (Wildman–Crippen LogP) is 1.61. The Morgan fingerprint density at radius 1 is 1.44 bits per heavy atom. The molecule has 1 aromatic heterocycles. The molecule has 3 atom stereocenters. The van der Waals surface area contributed by atoms with Crippen molar-refractivity contribution >= 4 is 5.69 Å². The van der Waals surface area contributed by atoms with Crippen LogP contribution in [0.25, 0.3) is 0 Å². The molecule has 2 aliphatic rings. The molecular formula is C13H19N3. The van der Waals surface area contributed by atoms with E-state index in [0.717, 1.165) is 18.5 Å². The van der Waals surface area contributed by atoms with Crippen LogP contribution in [0.2, 0.25) is 0 Å². The van der Waals surface area contributed by atoms with Gasteiger partial charge in [-0.05, 0) is 45.0 Å². The van der Waals surface area contributed by atoms with Crippen molar-refractivity contribution in [2.75, 3.05) is 25.5 Å². The lowest BCUT2D eigenvalue weighted by Crippen LogP contribution is -2.40. The fraction of sp³-hybridized carbons (Fsp3) is 0.615. The molecule has 0 bridgehead atoms. The third kappa shape index (κ3) is 1.69. The van der Waals surface area contributed by atoms with Gasteiger partial charge in [0.25, 0.3) is 0 Å². The summed E-state index contributed by atoms with van der Waals surface area (Å²) in [6.07, 6.45) is 6.60. The lowest BCUT2D eigenvalue weighted by molar-refractivity contribution is 0.361. The van der Waals surface area contributed by atoms with Gasteiger partial charge in [0.1, 0.15) is 0 Å². The normalized spacial score (nSPS) is 31.9. The monoisotopic (exact) mass is 217 g/mol. The first-order chi connectivity index (χ1) is 7.75. The Balaban J connectivity index is 1.81. The van der Waals surface area contributed by atoms with Crippen LogP contribution in [0.3, 0.4) is 0 Å². The molecule has 1 aromatic rings. The van der Waals surface area contributed by atoms with Gasteiger partial charge in [-0.3, -0.25) is 4.98 Å². The van der Waals surface area contributed by atoms with Crippen LogP contribution in [0.15, 0.2) is 24.5 Å². The van der Waals surface area contributed by atoms with Crippen molar-refractivity contribution in [1.29, 1.82) is 0 Å². The molecule has 3 nitrogen and oxygen atoms in total. The maximum absolute atomic E-state index is 4.24. The number of piperidine rings is 1. The fourth-order valence-corrected chi connectivity index (χ4v) is 3.05. The molecule has 1 aliphatic heterocycles. The average Bonchev–Trinajstić information content (AvgIpc) is 2.91. The van der Waals surface area contributed by atoms with Gasteiger partial charge in [-0.15, -0.1) is 0 Å². The fourth-order valence-electron chi connectivity index (χ4n) is 3.05. The van der Waals surface area contributed by atoms with E-state index in [2.05, 4.69) is 34.9 Å². The third-order valence-electron chi connectivity index (χ3n) is 3.73. The molecule has 3 heteroatoms. The Morgan fingerprint density at radius 2 is 2.31 bits per heavy atom. The van der Waals surface area contributed by atoms with E-state index in [0.29, 0.717) is 6.04 Å². The first kappa shape index (κ1) is 10.1. The summed E-state index contributed by atoms with van der Waals surface area (Å²) in [7, 11) is 4.32. The summed E-state index contributed by atoms with van der Waals surface area (Å²) in [5, 5.41) is 0. The largest absolute Gasteiger partial charge is 0.363 e. The number of anilines is 1. The summed E-state index contributed by atoms with van der Waals surface area (Å²) in [6.45, 7) is 1.15. The maximum atomic E-state index is 4.24. The maximum Gasteiger partial charge on any atom is 0.0558 e. The second-order valence-electron chi connectivity index (χ2n) is 5.33. The van der Waals surface area contributed by atoms with Crippen molar-refractivity contribution in [2.45, 2.75) is 24.9 Å². The lowest BCUT2D eigenvalue weighted by Gasteiger charge is -2.31. The Kier molecular flexibility index (Phi) is 2.36. The lowest BCUT2D eigenvalue weighted by atomic mass is 10.1. The van der Waals surface area contributed by atoms with Crippen LogP contribution in [0.4, 0.5) is 5.69 Å². The molecule has 0 amide bonds. The minimum Gasteiger partial charge on any atom is -0.363 e. The Bertz CT molecular complexity index is 363. The van der Waals surface area contributed by atoms with E-state index in [1.54, 1.807) is 0 Å². The molecule has 0 radical (unpaired) electrons. The van der Waals surface area contributed by atoms with Gasteiger partial charge in [-0.25, -0.2) is 0 Å². The molecule has 3 rings (SSSR count). The molecule has 0 aromatic carbocycles. The topological polar surface area (TPSA) is 19.4 Å². The van der Waals surface area contributed by atoms with Crippen LogP contribution in [0.5, 0.6) is 0 Å². The standard InChI is InChI=1S/C13H19N3/c1-15(2)9-12-6-10-7-13(10)16(12)11-4-3-5-14-8-11/h3-5,8,10,12-13H,6-7,9H2,1-2H3. The molecule has 16 heavy (non-hydrogen) atoms. The highest BCUT2D eigenvalue weighted by Crippen LogP contribution is 2.49. The van der Waals surface area contributed by atoms with Crippen molar-refractivity contribution in [3.63, 3.8) is 0 Å². The molecule has 1 saturated heterocycles. The molecule has 1 saturated carbocycles. The average molecular weight is 217 g/mol. The van der Waals surface area contributed by atoms with Crippen molar-refractivity contribution < 1.29 is 0 Å². The van der Waals surface area contributed by atoms with Gasteiger partial charge in [-0.1, -0.05) is 0 Å². The zero-order chi connectivity index (χ0) is 11.1. The Morgan fingerprint density at radius 3 is 3.00 bits per heavy atom. The van der Waals surface area contributed by atoms with Crippen LogP contribution >= 0.6 is 0 Å². The zero-order valence-electron chi connectivity index (χ0n) is 10.0. The minimum atomic E-state index is 0.683. The van der Waals surface area contributed by atoms with E-state index < -0.39 is 0 Å². The van der Waals surface area contributed by atoms with Crippen LogP contribution in [-0.4, -0.2) is 42.6 Å². The number of fused-ring (bicyclic) bond motifs is 1. The van der Waals surface area contributed by atoms with Gasteiger partial charge >= 0.3 is 0 Å². The summed E-state index contributed by atoms with van der Waals surface area (Å²) in [5.41, 5.74) is 1.30. The quantitative estimate of drug-likeness (QED) is 0.767.